The zero-order chi connectivity index (χ0) is 47.3. The van der Waals surface area contributed by atoms with Crippen LogP contribution in [0.2, 0.25) is 0 Å². The van der Waals surface area contributed by atoms with Crippen molar-refractivity contribution in [2.75, 3.05) is 20.8 Å². The molecule has 6 rings (SSSR count). The molecule has 3 N–H and O–H groups in total. The number of aliphatic hydroxyl groups excluding tert-OH is 2. The van der Waals surface area contributed by atoms with Gasteiger partial charge >= 0.3 is 5.97 Å². The van der Waals surface area contributed by atoms with Crippen LogP contribution >= 0.6 is 0 Å². The summed E-state index contributed by atoms with van der Waals surface area (Å²) in [5, 5.41) is 36.3. The molecule has 4 aliphatic rings. The summed E-state index contributed by atoms with van der Waals surface area (Å²) in [6.07, 6.45) is 5.09. The maximum Gasteiger partial charge on any atom is 0.329 e. The van der Waals surface area contributed by atoms with E-state index in [0.29, 0.717) is 62.7 Å². The lowest BCUT2D eigenvalue weighted by Crippen LogP contribution is -2.64. The Balaban J connectivity index is 1.29. The number of hydrogen-bond donors (Lipinski definition) is 3. The highest BCUT2D eigenvalue weighted by Crippen LogP contribution is 2.39. The van der Waals surface area contributed by atoms with E-state index in [2.05, 4.69) is 6.92 Å². The second-order valence-electron chi connectivity index (χ2n) is 19.7. The van der Waals surface area contributed by atoms with E-state index in [1.807, 2.05) is 75.0 Å². The molecule has 2 saturated heterocycles. The van der Waals surface area contributed by atoms with Gasteiger partial charge in [-0.3, -0.25) is 14.4 Å². The fourth-order valence-corrected chi connectivity index (χ4v) is 10.8. The van der Waals surface area contributed by atoms with Crippen molar-refractivity contribution >= 4 is 34.3 Å². The molecule has 3 aliphatic heterocycles. The topological polar surface area (TPSA) is 183 Å². The van der Waals surface area contributed by atoms with E-state index in [-0.39, 0.29) is 43.4 Å². The van der Waals surface area contributed by atoms with Crippen molar-refractivity contribution in [1.29, 1.82) is 0 Å². The number of esters is 1. The summed E-state index contributed by atoms with van der Waals surface area (Å²) < 4.78 is 32.7. The van der Waals surface area contributed by atoms with Gasteiger partial charge in [-0.15, -0.1) is 0 Å². The number of carbonyl (C=O) groups is 4. The number of hydrogen-bond acceptors (Lipinski definition) is 12. The van der Waals surface area contributed by atoms with Crippen molar-refractivity contribution in [2.24, 2.45) is 36.6 Å². The van der Waals surface area contributed by atoms with Crippen LogP contribution < -0.4 is 4.74 Å². The summed E-state index contributed by atoms with van der Waals surface area (Å²) in [5.41, 5.74) is 2.70. The number of rotatable bonds is 7. The highest BCUT2D eigenvalue weighted by atomic mass is 16.7. The zero-order valence-electron chi connectivity index (χ0n) is 39.9. The van der Waals surface area contributed by atoms with Gasteiger partial charge in [0.05, 0.1) is 24.4 Å². The summed E-state index contributed by atoms with van der Waals surface area (Å²) >= 11 is 0. The Morgan fingerprint density at radius 2 is 1.65 bits per heavy atom. The Hall–Kier alpha value is -3.92. The van der Waals surface area contributed by atoms with Crippen molar-refractivity contribution in [3.63, 3.8) is 0 Å². The molecule has 1 aromatic carbocycles. The molecule has 4 heterocycles. The molecule has 0 spiro atoms. The minimum absolute atomic E-state index is 0.0236. The number of benzene rings is 1. The van der Waals surface area contributed by atoms with E-state index < -0.39 is 90.0 Å². The van der Waals surface area contributed by atoms with E-state index in [0.717, 1.165) is 16.5 Å². The standard InChI is InChI=1S/C51H74N2O12/c1-10-35-22-29(2)21-30(3)23-44(61-8)47-45(62-9)25-32(5)51(60,65-47)48(57)49(58)53-19-12-11-13-39(53)50(59)64-46(33(6)40(54)28-41(35)55)31(4)24-34-14-17-43(42(56)26-34)63-37-15-16-38-36(27-37)18-20-52(38)7/h15-16,18,20,22,24,27,30,32-35,39-40,42-47,54,56,60H,10-14,17,19,21,23,25-26,28H2,1-9H3/b29-22+,31-24?. The van der Waals surface area contributed by atoms with Gasteiger partial charge < -0.3 is 48.5 Å². The molecule has 360 valence electrons. The van der Waals surface area contributed by atoms with Crippen LogP contribution in [0.5, 0.6) is 5.75 Å². The number of fused-ring (bicyclic) bond motifs is 4. The van der Waals surface area contributed by atoms with Crippen molar-refractivity contribution < 1.29 is 58.2 Å². The molecule has 14 heteroatoms. The lowest BCUT2D eigenvalue weighted by molar-refractivity contribution is -0.302. The van der Waals surface area contributed by atoms with E-state index >= 15 is 0 Å². The highest BCUT2D eigenvalue weighted by Gasteiger charge is 2.56. The van der Waals surface area contributed by atoms with Crippen molar-refractivity contribution in [2.45, 2.75) is 167 Å². The molecule has 3 fully saturated rings. The molecule has 65 heavy (non-hydrogen) atoms. The van der Waals surface area contributed by atoms with Crippen LogP contribution in [0.25, 0.3) is 10.9 Å². The second kappa shape index (κ2) is 21.8. The van der Waals surface area contributed by atoms with Gasteiger partial charge in [-0.05, 0) is 120 Å². The summed E-state index contributed by atoms with van der Waals surface area (Å²) in [5.74, 6) is -7.07. The summed E-state index contributed by atoms with van der Waals surface area (Å²) in [4.78, 5) is 58.3. The second-order valence-corrected chi connectivity index (χ2v) is 19.7. The molecular formula is C51H74N2O12. The maximum absolute atomic E-state index is 14.5. The predicted molar refractivity (Wildman–Crippen MR) is 245 cm³/mol. The maximum atomic E-state index is 14.5. The summed E-state index contributed by atoms with van der Waals surface area (Å²) in [6, 6.07) is 6.74. The largest absolute Gasteiger partial charge is 0.488 e. The lowest BCUT2D eigenvalue weighted by atomic mass is 9.81. The number of aryl methyl sites for hydroxylation is 1. The van der Waals surface area contributed by atoms with Gasteiger partial charge in [0.25, 0.3) is 11.7 Å². The Morgan fingerprint density at radius 3 is 2.34 bits per heavy atom. The molecule has 2 bridgehead atoms. The summed E-state index contributed by atoms with van der Waals surface area (Å²) in [7, 11) is 5.05. The number of amides is 1. The lowest BCUT2D eigenvalue weighted by Gasteiger charge is -2.47. The highest BCUT2D eigenvalue weighted by molar-refractivity contribution is 6.39. The van der Waals surface area contributed by atoms with Crippen molar-refractivity contribution in [1.82, 2.24) is 9.47 Å². The minimum atomic E-state index is -2.52. The molecule has 1 saturated carbocycles. The van der Waals surface area contributed by atoms with Crippen LogP contribution in [0.15, 0.2) is 53.8 Å². The first-order valence-corrected chi connectivity index (χ1v) is 23.9. The first-order valence-electron chi connectivity index (χ1n) is 23.9. The van der Waals surface area contributed by atoms with E-state index in [1.165, 1.54) is 19.1 Å². The third kappa shape index (κ3) is 11.4. The number of aliphatic hydroxyl groups is 3. The van der Waals surface area contributed by atoms with Crippen LogP contribution in [-0.2, 0) is 45.2 Å². The Kier molecular flexibility index (Phi) is 16.9. The number of cyclic esters (lactones) is 1. The Labute approximate surface area is 384 Å². The molecule has 14 unspecified atom stereocenters. The molecule has 1 amide bonds. The van der Waals surface area contributed by atoms with Crippen LogP contribution in [0, 0.1) is 29.6 Å². The number of Topliss-reactive ketones (excluding diaryl/α,β-unsaturated/α-hetero) is 2. The average Bonchev–Trinajstić information content (AvgIpc) is 3.65. The van der Waals surface area contributed by atoms with Crippen LogP contribution in [0.1, 0.15) is 112 Å². The van der Waals surface area contributed by atoms with E-state index in [9.17, 15) is 34.5 Å². The number of methoxy groups -OCH3 is 2. The number of ketones is 2. The molecule has 1 aliphatic carbocycles. The monoisotopic (exact) mass is 907 g/mol. The fourth-order valence-electron chi connectivity index (χ4n) is 10.8. The third-order valence-electron chi connectivity index (χ3n) is 14.7. The minimum Gasteiger partial charge on any atom is -0.488 e. The van der Waals surface area contributed by atoms with E-state index in [1.54, 1.807) is 13.8 Å². The first-order chi connectivity index (χ1) is 30.9. The van der Waals surface area contributed by atoms with Gasteiger partial charge in [0.2, 0.25) is 5.79 Å². The van der Waals surface area contributed by atoms with Crippen LogP contribution in [0.4, 0.5) is 0 Å². The average molecular weight is 907 g/mol. The number of piperidine rings is 1. The van der Waals surface area contributed by atoms with Gasteiger partial charge in [-0.25, -0.2) is 4.79 Å². The van der Waals surface area contributed by atoms with E-state index in [4.69, 9.17) is 23.7 Å². The van der Waals surface area contributed by atoms with Gasteiger partial charge in [-0.2, -0.15) is 0 Å². The van der Waals surface area contributed by atoms with Gasteiger partial charge in [0, 0.05) is 69.1 Å². The number of allylic oxidation sites excluding steroid dienone is 3. The molecular weight excluding hydrogens is 833 g/mol. The molecule has 2 aromatic rings. The molecule has 1 aromatic heterocycles. The number of aromatic nitrogens is 1. The summed E-state index contributed by atoms with van der Waals surface area (Å²) in [6.45, 7) is 11.2. The SMILES string of the molecule is CCC1/C=C(\C)CC(C)CC(OC)C2OC(O)(C(=O)C(=O)N3CCCCC3C(=O)OC(C(C)=CC3CCC(Oc4ccc5c(ccn5C)c4)C(O)C3)C(C)C(O)CC1=O)C(C)CC2OC. The smallest absolute Gasteiger partial charge is 0.329 e. The fraction of sp³-hybridized carbons (Fsp3) is 0.686. The van der Waals surface area contributed by atoms with Gasteiger partial charge in [-0.1, -0.05) is 45.4 Å². The van der Waals surface area contributed by atoms with Crippen molar-refractivity contribution in [3.8, 4) is 5.75 Å². The van der Waals surface area contributed by atoms with Crippen LogP contribution in [0.3, 0.4) is 0 Å². The molecule has 14 atom stereocenters. The van der Waals surface area contributed by atoms with Crippen LogP contribution in [-0.4, -0.2) is 124 Å². The number of carbonyl (C=O) groups excluding carboxylic acids is 4. The predicted octanol–water partition coefficient (Wildman–Crippen LogP) is 6.40. The number of ether oxygens (including phenoxy) is 5. The number of nitrogens with zero attached hydrogens (tertiary/aromatic N) is 2. The first kappa shape index (κ1) is 50.5. The third-order valence-corrected chi connectivity index (χ3v) is 14.7. The zero-order valence-corrected chi connectivity index (χ0v) is 39.9. The Morgan fingerprint density at radius 1 is 0.923 bits per heavy atom. The van der Waals surface area contributed by atoms with Crippen molar-refractivity contribution in [3.05, 3.63) is 53.8 Å². The van der Waals surface area contributed by atoms with Gasteiger partial charge in [0.15, 0.2) is 0 Å². The molecule has 0 radical (unpaired) electrons. The van der Waals surface area contributed by atoms with Gasteiger partial charge in [0.1, 0.15) is 35.9 Å². The normalized spacial score (nSPS) is 37.5. The Bertz CT molecular complexity index is 2060. The molecule has 14 nitrogen and oxygen atoms in total. The quantitative estimate of drug-likeness (QED) is 0.158.